The molecule has 2 N–H and O–H groups in total. The van der Waals surface area contributed by atoms with Crippen molar-refractivity contribution in [3.8, 4) is 6.07 Å². The molecule has 17 heavy (non-hydrogen) atoms. The molecule has 88 valence electrons. The molecule has 0 aliphatic carbocycles. The predicted octanol–water partition coefficient (Wildman–Crippen LogP) is 0.987. The first kappa shape index (κ1) is 13.1. The second-order valence-electron chi connectivity index (χ2n) is 3.02. The molecular formula is C11H11N3O2S. The zero-order valence-corrected chi connectivity index (χ0v) is 10.0. The Hall–Kier alpha value is -2.00. The number of carbonyl (C=O) groups excluding carboxylic acids is 2. The van der Waals surface area contributed by atoms with Gasteiger partial charge in [-0.05, 0) is 30.5 Å². The summed E-state index contributed by atoms with van der Waals surface area (Å²) >= 11 is 1.59. The summed E-state index contributed by atoms with van der Waals surface area (Å²) < 4.78 is 0. The van der Waals surface area contributed by atoms with Crippen LogP contribution in [0.15, 0.2) is 29.2 Å². The van der Waals surface area contributed by atoms with Gasteiger partial charge in [0, 0.05) is 10.6 Å². The number of rotatable bonds is 3. The summed E-state index contributed by atoms with van der Waals surface area (Å²) in [4.78, 5) is 23.6. The van der Waals surface area contributed by atoms with E-state index < -0.39 is 11.8 Å². The lowest BCUT2D eigenvalue weighted by Crippen LogP contribution is -2.35. The number of thioether (sulfide) groups is 1. The van der Waals surface area contributed by atoms with Crippen LogP contribution in [-0.4, -0.2) is 24.6 Å². The van der Waals surface area contributed by atoms with E-state index in [4.69, 9.17) is 5.26 Å². The highest BCUT2D eigenvalue weighted by molar-refractivity contribution is 7.98. The molecule has 5 nitrogen and oxygen atoms in total. The first-order chi connectivity index (χ1) is 8.17. The number of nitrogens with one attached hydrogen (secondary N) is 2. The molecule has 0 aliphatic rings. The van der Waals surface area contributed by atoms with E-state index in [-0.39, 0.29) is 6.54 Å². The van der Waals surface area contributed by atoms with E-state index in [2.05, 4.69) is 10.6 Å². The Bertz CT molecular complexity index is 451. The van der Waals surface area contributed by atoms with E-state index >= 15 is 0 Å². The number of anilines is 1. The summed E-state index contributed by atoms with van der Waals surface area (Å²) in [5.41, 5.74) is 0.542. The van der Waals surface area contributed by atoms with Gasteiger partial charge in [0.05, 0.1) is 6.07 Å². The fourth-order valence-corrected chi connectivity index (χ4v) is 1.47. The number of carbonyl (C=O) groups is 2. The number of benzene rings is 1. The minimum absolute atomic E-state index is 0.183. The maximum Gasteiger partial charge on any atom is 0.313 e. The molecule has 0 aliphatic heterocycles. The van der Waals surface area contributed by atoms with Crippen molar-refractivity contribution < 1.29 is 9.59 Å². The van der Waals surface area contributed by atoms with E-state index in [1.807, 2.05) is 18.4 Å². The van der Waals surface area contributed by atoms with Crippen molar-refractivity contribution in [3.05, 3.63) is 24.3 Å². The molecule has 0 radical (unpaired) electrons. The Morgan fingerprint density at radius 1 is 1.29 bits per heavy atom. The molecule has 0 saturated heterocycles. The van der Waals surface area contributed by atoms with Crippen LogP contribution in [0, 0.1) is 11.3 Å². The van der Waals surface area contributed by atoms with E-state index in [0.717, 1.165) is 4.90 Å². The molecule has 1 aromatic rings. The Balaban J connectivity index is 2.56. The van der Waals surface area contributed by atoms with Crippen molar-refractivity contribution in [2.45, 2.75) is 4.90 Å². The number of nitrogens with zero attached hydrogens (tertiary/aromatic N) is 1. The van der Waals surface area contributed by atoms with Crippen LogP contribution in [-0.2, 0) is 9.59 Å². The smallest absolute Gasteiger partial charge is 0.313 e. The third-order valence-electron chi connectivity index (χ3n) is 1.88. The zero-order chi connectivity index (χ0) is 12.7. The third kappa shape index (κ3) is 4.17. The molecule has 0 spiro atoms. The van der Waals surface area contributed by atoms with Gasteiger partial charge in [0.1, 0.15) is 6.54 Å². The van der Waals surface area contributed by atoms with Gasteiger partial charge in [0.15, 0.2) is 0 Å². The van der Waals surface area contributed by atoms with Crippen molar-refractivity contribution in [1.82, 2.24) is 5.32 Å². The average Bonchev–Trinajstić information content (AvgIpc) is 2.36. The van der Waals surface area contributed by atoms with Crippen molar-refractivity contribution in [2.75, 3.05) is 18.1 Å². The molecule has 0 fully saturated rings. The van der Waals surface area contributed by atoms with Crippen LogP contribution in [0.3, 0.4) is 0 Å². The lowest BCUT2D eigenvalue weighted by molar-refractivity contribution is -0.136. The van der Waals surface area contributed by atoms with E-state index in [9.17, 15) is 9.59 Å². The highest BCUT2D eigenvalue weighted by Crippen LogP contribution is 2.17. The molecule has 0 heterocycles. The van der Waals surface area contributed by atoms with Gasteiger partial charge in [-0.3, -0.25) is 9.59 Å². The monoisotopic (exact) mass is 249 g/mol. The lowest BCUT2D eigenvalue weighted by Gasteiger charge is -2.04. The van der Waals surface area contributed by atoms with Crippen molar-refractivity contribution in [2.24, 2.45) is 0 Å². The minimum atomic E-state index is -0.819. The van der Waals surface area contributed by atoms with E-state index in [1.165, 1.54) is 0 Å². The summed E-state index contributed by atoms with van der Waals surface area (Å²) in [6.07, 6.45) is 1.95. The maximum atomic E-state index is 11.3. The molecular weight excluding hydrogens is 238 g/mol. The number of nitriles is 1. The summed E-state index contributed by atoms with van der Waals surface area (Å²) in [5, 5.41) is 12.8. The fourth-order valence-electron chi connectivity index (χ4n) is 1.06. The molecule has 0 saturated carbocycles. The number of hydrogen-bond acceptors (Lipinski definition) is 4. The molecule has 0 aromatic heterocycles. The normalized spacial score (nSPS) is 9.18. The Labute approximate surface area is 103 Å². The molecule has 1 rings (SSSR count). The first-order valence-electron chi connectivity index (χ1n) is 4.77. The molecule has 0 bridgehead atoms. The maximum absolute atomic E-state index is 11.3. The van der Waals surface area contributed by atoms with Gasteiger partial charge in [-0.1, -0.05) is 0 Å². The SMILES string of the molecule is CSc1ccc(NC(=O)C(=O)NCC#N)cc1. The second-order valence-corrected chi connectivity index (χ2v) is 3.90. The van der Waals surface area contributed by atoms with Gasteiger partial charge in [0.2, 0.25) is 0 Å². The Kier molecular flexibility index (Phi) is 5.04. The van der Waals surface area contributed by atoms with Crippen LogP contribution < -0.4 is 10.6 Å². The molecule has 6 heteroatoms. The van der Waals surface area contributed by atoms with Crippen molar-refractivity contribution in [1.29, 1.82) is 5.26 Å². The number of amides is 2. The van der Waals surface area contributed by atoms with Crippen molar-refractivity contribution in [3.63, 3.8) is 0 Å². The largest absolute Gasteiger partial charge is 0.335 e. The van der Waals surface area contributed by atoms with Crippen LogP contribution in [0.25, 0.3) is 0 Å². The van der Waals surface area contributed by atoms with Gasteiger partial charge >= 0.3 is 11.8 Å². The summed E-state index contributed by atoms with van der Waals surface area (Å²) in [6.45, 7) is -0.183. The van der Waals surface area contributed by atoms with E-state index in [0.29, 0.717) is 5.69 Å². The second kappa shape index (κ2) is 6.55. The lowest BCUT2D eigenvalue weighted by atomic mass is 10.3. The summed E-state index contributed by atoms with van der Waals surface area (Å²) in [6, 6.07) is 8.82. The van der Waals surface area contributed by atoms with Gasteiger partial charge in [0.25, 0.3) is 0 Å². The quantitative estimate of drug-likeness (QED) is 0.475. The first-order valence-corrected chi connectivity index (χ1v) is 6.00. The fraction of sp³-hybridized carbons (Fsp3) is 0.182. The Morgan fingerprint density at radius 3 is 2.47 bits per heavy atom. The van der Waals surface area contributed by atoms with Gasteiger partial charge in [-0.2, -0.15) is 5.26 Å². The summed E-state index contributed by atoms with van der Waals surface area (Å²) in [7, 11) is 0. The topological polar surface area (TPSA) is 82.0 Å². The minimum Gasteiger partial charge on any atom is -0.335 e. The predicted molar refractivity (Wildman–Crippen MR) is 65.5 cm³/mol. The van der Waals surface area contributed by atoms with Crippen LogP contribution in [0.2, 0.25) is 0 Å². The molecule has 0 unspecified atom stereocenters. The van der Waals surface area contributed by atoms with Gasteiger partial charge in [-0.25, -0.2) is 0 Å². The Morgan fingerprint density at radius 2 is 1.94 bits per heavy atom. The highest BCUT2D eigenvalue weighted by atomic mass is 32.2. The van der Waals surface area contributed by atoms with Crippen LogP contribution >= 0.6 is 11.8 Å². The van der Waals surface area contributed by atoms with Crippen molar-refractivity contribution >= 4 is 29.3 Å². The summed E-state index contributed by atoms with van der Waals surface area (Å²) in [5.74, 6) is -1.60. The van der Waals surface area contributed by atoms with E-state index in [1.54, 1.807) is 30.0 Å². The highest BCUT2D eigenvalue weighted by Gasteiger charge is 2.12. The van der Waals surface area contributed by atoms with Crippen LogP contribution in [0.4, 0.5) is 5.69 Å². The molecule has 2 amide bonds. The number of hydrogen-bond donors (Lipinski definition) is 2. The van der Waals surface area contributed by atoms with Gasteiger partial charge in [-0.15, -0.1) is 11.8 Å². The standard InChI is InChI=1S/C11H11N3O2S/c1-17-9-4-2-8(3-5-9)14-11(16)10(15)13-7-6-12/h2-5H,7H2,1H3,(H,13,15)(H,14,16). The molecule has 0 atom stereocenters. The third-order valence-corrected chi connectivity index (χ3v) is 2.63. The van der Waals surface area contributed by atoms with Crippen LogP contribution in [0.1, 0.15) is 0 Å². The van der Waals surface area contributed by atoms with Crippen LogP contribution in [0.5, 0.6) is 0 Å². The zero-order valence-electron chi connectivity index (χ0n) is 9.19. The average molecular weight is 249 g/mol. The molecule has 1 aromatic carbocycles. The van der Waals surface area contributed by atoms with Gasteiger partial charge < -0.3 is 10.6 Å².